The number of aryl methyl sites for hydroxylation is 1. The van der Waals surface area contributed by atoms with Crippen LogP contribution in [-0.4, -0.2) is 21.2 Å². The second-order valence-corrected chi connectivity index (χ2v) is 5.94. The second kappa shape index (κ2) is 7.20. The standard InChI is InChI=1S/C17H23N5/c1-13-8-6-7-11-15(13)20-16-12-18-22-17(21-16)19-14-9-4-2-3-5-10-14/h6-8,11-12,14H,2-5,9-10H2,1H3,(H2,19,20,21,22). The molecule has 22 heavy (non-hydrogen) atoms. The Balaban J connectivity index is 1.68. The molecule has 116 valence electrons. The van der Waals surface area contributed by atoms with Gasteiger partial charge in [0.05, 0.1) is 6.20 Å². The summed E-state index contributed by atoms with van der Waals surface area (Å²) in [6.07, 6.45) is 9.29. The molecule has 5 heteroatoms. The minimum atomic E-state index is 0.470. The van der Waals surface area contributed by atoms with E-state index in [-0.39, 0.29) is 0 Å². The fraction of sp³-hybridized carbons (Fsp3) is 0.471. The van der Waals surface area contributed by atoms with Gasteiger partial charge in [-0.15, -0.1) is 5.10 Å². The summed E-state index contributed by atoms with van der Waals surface area (Å²) in [5.74, 6) is 1.34. The lowest BCUT2D eigenvalue weighted by atomic mass is 10.1. The van der Waals surface area contributed by atoms with Gasteiger partial charge in [-0.1, -0.05) is 43.9 Å². The molecule has 1 aromatic heterocycles. The van der Waals surface area contributed by atoms with Gasteiger partial charge in [-0.05, 0) is 31.4 Å². The summed E-state index contributed by atoms with van der Waals surface area (Å²) in [5.41, 5.74) is 2.22. The first-order valence-electron chi connectivity index (χ1n) is 8.10. The molecule has 0 bridgehead atoms. The van der Waals surface area contributed by atoms with Crippen molar-refractivity contribution in [2.75, 3.05) is 10.6 Å². The molecule has 1 aliphatic rings. The van der Waals surface area contributed by atoms with Gasteiger partial charge in [0, 0.05) is 11.7 Å². The largest absolute Gasteiger partial charge is 0.350 e. The molecular formula is C17H23N5. The maximum atomic E-state index is 4.54. The van der Waals surface area contributed by atoms with Crippen molar-refractivity contribution >= 4 is 17.5 Å². The van der Waals surface area contributed by atoms with Gasteiger partial charge >= 0.3 is 0 Å². The van der Waals surface area contributed by atoms with Crippen molar-refractivity contribution in [3.63, 3.8) is 0 Å². The van der Waals surface area contributed by atoms with Crippen LogP contribution in [0.15, 0.2) is 30.5 Å². The summed E-state index contributed by atoms with van der Waals surface area (Å²) >= 11 is 0. The van der Waals surface area contributed by atoms with Crippen LogP contribution < -0.4 is 10.6 Å². The van der Waals surface area contributed by atoms with Crippen LogP contribution in [0.2, 0.25) is 0 Å². The monoisotopic (exact) mass is 297 g/mol. The highest BCUT2D eigenvalue weighted by molar-refractivity contribution is 5.60. The third kappa shape index (κ3) is 3.93. The van der Waals surface area contributed by atoms with Gasteiger partial charge in [-0.2, -0.15) is 10.1 Å². The maximum Gasteiger partial charge on any atom is 0.244 e. The van der Waals surface area contributed by atoms with E-state index in [2.05, 4.69) is 38.8 Å². The van der Waals surface area contributed by atoms with Crippen molar-refractivity contribution in [3.05, 3.63) is 36.0 Å². The van der Waals surface area contributed by atoms with Crippen LogP contribution in [0.3, 0.4) is 0 Å². The number of nitrogens with one attached hydrogen (secondary N) is 2. The Morgan fingerprint density at radius 2 is 1.82 bits per heavy atom. The SMILES string of the molecule is Cc1ccccc1Nc1cnnc(NC2CCCCCC2)n1. The molecule has 5 nitrogen and oxygen atoms in total. The first-order valence-corrected chi connectivity index (χ1v) is 8.10. The zero-order valence-electron chi connectivity index (χ0n) is 13.0. The van der Waals surface area contributed by atoms with Crippen LogP contribution in [0.4, 0.5) is 17.5 Å². The van der Waals surface area contributed by atoms with E-state index >= 15 is 0 Å². The first-order chi connectivity index (χ1) is 10.8. The summed E-state index contributed by atoms with van der Waals surface area (Å²) < 4.78 is 0. The van der Waals surface area contributed by atoms with E-state index in [1.54, 1.807) is 6.20 Å². The number of para-hydroxylation sites is 1. The highest BCUT2D eigenvalue weighted by Gasteiger charge is 2.13. The molecular weight excluding hydrogens is 274 g/mol. The topological polar surface area (TPSA) is 62.7 Å². The van der Waals surface area contributed by atoms with Gasteiger partial charge in [-0.25, -0.2) is 0 Å². The van der Waals surface area contributed by atoms with Crippen molar-refractivity contribution in [2.45, 2.75) is 51.5 Å². The van der Waals surface area contributed by atoms with Crippen LogP contribution in [0.25, 0.3) is 0 Å². The molecule has 2 N–H and O–H groups in total. The van der Waals surface area contributed by atoms with Crippen molar-refractivity contribution in [3.8, 4) is 0 Å². The van der Waals surface area contributed by atoms with E-state index in [4.69, 9.17) is 0 Å². The Kier molecular flexibility index (Phi) is 4.83. The van der Waals surface area contributed by atoms with Crippen LogP contribution >= 0.6 is 0 Å². The molecule has 1 aliphatic carbocycles. The predicted octanol–water partition coefficient (Wildman–Crippen LogP) is 4.06. The van der Waals surface area contributed by atoms with Gasteiger partial charge in [0.15, 0.2) is 5.82 Å². The number of nitrogens with zero attached hydrogens (tertiary/aromatic N) is 3. The molecule has 1 aromatic carbocycles. The van der Waals surface area contributed by atoms with E-state index in [0.29, 0.717) is 12.0 Å². The van der Waals surface area contributed by atoms with E-state index in [1.165, 1.54) is 44.1 Å². The van der Waals surface area contributed by atoms with E-state index in [0.717, 1.165) is 11.5 Å². The normalized spacial score (nSPS) is 16.0. The molecule has 3 rings (SSSR count). The van der Waals surface area contributed by atoms with Crippen molar-refractivity contribution in [1.82, 2.24) is 15.2 Å². The summed E-state index contributed by atoms with van der Waals surface area (Å²) in [4.78, 5) is 4.54. The van der Waals surface area contributed by atoms with Gasteiger partial charge in [0.25, 0.3) is 0 Å². The molecule has 1 heterocycles. The zero-order chi connectivity index (χ0) is 15.2. The second-order valence-electron chi connectivity index (χ2n) is 5.94. The zero-order valence-corrected chi connectivity index (χ0v) is 13.0. The quantitative estimate of drug-likeness (QED) is 0.833. The Morgan fingerprint density at radius 3 is 2.59 bits per heavy atom. The first kappa shape index (κ1) is 14.8. The molecule has 0 radical (unpaired) electrons. The number of rotatable bonds is 4. The van der Waals surface area contributed by atoms with Crippen molar-refractivity contribution in [2.24, 2.45) is 0 Å². The minimum absolute atomic E-state index is 0.470. The number of hydrogen-bond donors (Lipinski definition) is 2. The van der Waals surface area contributed by atoms with Crippen molar-refractivity contribution in [1.29, 1.82) is 0 Å². The third-order valence-electron chi connectivity index (χ3n) is 4.16. The van der Waals surface area contributed by atoms with Gasteiger partial charge in [0.2, 0.25) is 5.95 Å². The van der Waals surface area contributed by atoms with Crippen LogP contribution in [0, 0.1) is 6.92 Å². The number of aromatic nitrogens is 3. The summed E-state index contributed by atoms with van der Waals surface area (Å²) in [5, 5.41) is 14.9. The highest BCUT2D eigenvalue weighted by atomic mass is 15.3. The molecule has 0 amide bonds. The van der Waals surface area contributed by atoms with E-state index < -0.39 is 0 Å². The Bertz CT molecular complexity index is 606. The Morgan fingerprint density at radius 1 is 1.05 bits per heavy atom. The molecule has 0 saturated heterocycles. The molecule has 0 unspecified atom stereocenters. The number of hydrogen-bond acceptors (Lipinski definition) is 5. The van der Waals surface area contributed by atoms with E-state index in [1.807, 2.05) is 18.2 Å². The van der Waals surface area contributed by atoms with Crippen molar-refractivity contribution < 1.29 is 0 Å². The Hall–Kier alpha value is -2.17. The van der Waals surface area contributed by atoms with Gasteiger partial charge < -0.3 is 10.6 Å². The van der Waals surface area contributed by atoms with Crippen LogP contribution in [0.5, 0.6) is 0 Å². The highest BCUT2D eigenvalue weighted by Crippen LogP contribution is 2.21. The Labute approximate surface area is 131 Å². The lowest BCUT2D eigenvalue weighted by molar-refractivity contribution is 0.613. The molecule has 0 atom stereocenters. The third-order valence-corrected chi connectivity index (χ3v) is 4.16. The summed E-state index contributed by atoms with van der Waals surface area (Å²) in [6, 6.07) is 8.61. The maximum absolute atomic E-state index is 4.54. The summed E-state index contributed by atoms with van der Waals surface area (Å²) in [7, 11) is 0. The van der Waals surface area contributed by atoms with Crippen LogP contribution in [-0.2, 0) is 0 Å². The average Bonchev–Trinajstić information content (AvgIpc) is 2.79. The fourth-order valence-electron chi connectivity index (χ4n) is 2.88. The number of benzene rings is 1. The number of anilines is 3. The average molecular weight is 297 g/mol. The van der Waals surface area contributed by atoms with Gasteiger partial charge in [-0.3, -0.25) is 0 Å². The molecule has 1 saturated carbocycles. The lowest BCUT2D eigenvalue weighted by Gasteiger charge is -2.16. The fourth-order valence-corrected chi connectivity index (χ4v) is 2.88. The molecule has 0 spiro atoms. The summed E-state index contributed by atoms with van der Waals surface area (Å²) in [6.45, 7) is 2.07. The lowest BCUT2D eigenvalue weighted by Crippen LogP contribution is -2.20. The van der Waals surface area contributed by atoms with Gasteiger partial charge in [0.1, 0.15) is 0 Å². The predicted molar refractivity (Wildman–Crippen MR) is 89.4 cm³/mol. The molecule has 2 aromatic rings. The van der Waals surface area contributed by atoms with Crippen LogP contribution in [0.1, 0.15) is 44.1 Å². The molecule has 1 fully saturated rings. The minimum Gasteiger partial charge on any atom is -0.350 e. The smallest absolute Gasteiger partial charge is 0.244 e. The van der Waals surface area contributed by atoms with E-state index in [9.17, 15) is 0 Å². The molecule has 0 aliphatic heterocycles.